The molecule has 0 aliphatic heterocycles. The Balaban J connectivity index is 2.03. The highest BCUT2D eigenvalue weighted by Gasteiger charge is 2.12. The summed E-state index contributed by atoms with van der Waals surface area (Å²) in [6.45, 7) is 3.65. The van der Waals surface area contributed by atoms with Gasteiger partial charge in [-0.3, -0.25) is 14.7 Å². The number of carbonyl (C=O) groups excluding carboxylic acids is 1. The van der Waals surface area contributed by atoms with Gasteiger partial charge in [0.1, 0.15) is 5.82 Å². The molecule has 1 aromatic heterocycles. The molecule has 130 valence electrons. The zero-order valence-electron chi connectivity index (χ0n) is 14.0. The van der Waals surface area contributed by atoms with Crippen LogP contribution in [0.4, 0.5) is 16.3 Å². The highest BCUT2D eigenvalue weighted by atomic mass is 32.2. The Morgan fingerprint density at radius 3 is 2.58 bits per heavy atom. The second-order valence-electron chi connectivity index (χ2n) is 5.61. The van der Waals surface area contributed by atoms with Crippen molar-refractivity contribution in [3.8, 4) is 0 Å². The SMILES string of the molecule is Cc1cc(NC(=O)NC(C)c2cccc(NS(C)(=O)=O)c2)n(C)n1. The van der Waals surface area contributed by atoms with E-state index in [0.29, 0.717) is 11.5 Å². The predicted molar refractivity (Wildman–Crippen MR) is 93.4 cm³/mol. The topological polar surface area (TPSA) is 105 Å². The molecule has 0 radical (unpaired) electrons. The first-order chi connectivity index (χ1) is 11.1. The number of aryl methyl sites for hydroxylation is 2. The maximum Gasteiger partial charge on any atom is 0.320 e. The van der Waals surface area contributed by atoms with Crippen LogP contribution in [0.1, 0.15) is 24.2 Å². The molecular weight excluding hydrogens is 330 g/mol. The van der Waals surface area contributed by atoms with Crippen molar-refractivity contribution in [2.75, 3.05) is 16.3 Å². The summed E-state index contributed by atoms with van der Waals surface area (Å²) in [6, 6.07) is 7.96. The molecule has 2 aromatic rings. The third-order valence-corrected chi connectivity index (χ3v) is 3.89. The van der Waals surface area contributed by atoms with Gasteiger partial charge in [0, 0.05) is 18.8 Å². The molecule has 24 heavy (non-hydrogen) atoms. The smallest absolute Gasteiger partial charge is 0.320 e. The van der Waals surface area contributed by atoms with Crippen LogP contribution in [0.3, 0.4) is 0 Å². The van der Waals surface area contributed by atoms with E-state index in [1.165, 1.54) is 0 Å². The summed E-state index contributed by atoms with van der Waals surface area (Å²) in [5.74, 6) is 0.588. The van der Waals surface area contributed by atoms with Gasteiger partial charge >= 0.3 is 6.03 Å². The average Bonchev–Trinajstić information content (AvgIpc) is 2.75. The van der Waals surface area contributed by atoms with Crippen LogP contribution in [-0.4, -0.2) is 30.5 Å². The van der Waals surface area contributed by atoms with E-state index in [1.807, 2.05) is 19.9 Å². The van der Waals surface area contributed by atoms with Crippen LogP contribution in [0.15, 0.2) is 30.3 Å². The fraction of sp³-hybridized carbons (Fsp3) is 0.333. The number of carbonyl (C=O) groups is 1. The van der Waals surface area contributed by atoms with Gasteiger partial charge in [0.25, 0.3) is 0 Å². The van der Waals surface area contributed by atoms with E-state index in [1.54, 1.807) is 36.0 Å². The average molecular weight is 351 g/mol. The Bertz CT molecular complexity index is 845. The minimum atomic E-state index is -3.35. The van der Waals surface area contributed by atoms with Crippen molar-refractivity contribution in [2.45, 2.75) is 19.9 Å². The molecule has 0 aliphatic rings. The van der Waals surface area contributed by atoms with Crippen molar-refractivity contribution in [3.05, 3.63) is 41.6 Å². The molecule has 1 heterocycles. The monoisotopic (exact) mass is 351 g/mol. The second kappa shape index (κ2) is 6.91. The minimum absolute atomic E-state index is 0.305. The molecule has 9 heteroatoms. The van der Waals surface area contributed by atoms with Crippen molar-refractivity contribution >= 4 is 27.6 Å². The van der Waals surface area contributed by atoms with Crippen LogP contribution in [0.2, 0.25) is 0 Å². The first-order valence-corrected chi connectivity index (χ1v) is 9.19. The van der Waals surface area contributed by atoms with Crippen molar-refractivity contribution < 1.29 is 13.2 Å². The summed E-state index contributed by atoms with van der Waals surface area (Å²) in [4.78, 5) is 12.1. The summed E-state index contributed by atoms with van der Waals surface area (Å²) < 4.78 is 26.6. The number of hydrogen-bond donors (Lipinski definition) is 3. The fourth-order valence-electron chi connectivity index (χ4n) is 2.25. The molecule has 0 saturated carbocycles. The number of urea groups is 1. The summed E-state index contributed by atoms with van der Waals surface area (Å²) in [7, 11) is -1.60. The number of sulfonamides is 1. The van der Waals surface area contributed by atoms with Gasteiger partial charge in [0.05, 0.1) is 18.0 Å². The first-order valence-electron chi connectivity index (χ1n) is 7.30. The van der Waals surface area contributed by atoms with Gasteiger partial charge in [0.15, 0.2) is 0 Å². The Labute approximate surface area is 141 Å². The first kappa shape index (κ1) is 17.8. The molecule has 0 fully saturated rings. The number of nitrogens with one attached hydrogen (secondary N) is 3. The van der Waals surface area contributed by atoms with Gasteiger partial charge < -0.3 is 5.32 Å². The van der Waals surface area contributed by atoms with Gasteiger partial charge in [-0.15, -0.1) is 0 Å². The van der Waals surface area contributed by atoms with Crippen LogP contribution in [-0.2, 0) is 17.1 Å². The molecule has 8 nitrogen and oxygen atoms in total. The third-order valence-electron chi connectivity index (χ3n) is 3.28. The van der Waals surface area contributed by atoms with E-state index in [0.717, 1.165) is 17.5 Å². The standard InChI is InChI=1S/C15H21N5O3S/c1-10-8-14(20(3)18-10)17-15(21)16-11(2)12-6-5-7-13(9-12)19-24(4,22)23/h5-9,11,19H,1-4H3,(H2,16,17,21). The quantitative estimate of drug-likeness (QED) is 0.766. The molecule has 2 rings (SSSR count). The number of anilines is 2. The van der Waals surface area contributed by atoms with E-state index >= 15 is 0 Å². The molecular formula is C15H21N5O3S. The van der Waals surface area contributed by atoms with E-state index < -0.39 is 10.0 Å². The lowest BCUT2D eigenvalue weighted by Crippen LogP contribution is -2.31. The van der Waals surface area contributed by atoms with Crippen LogP contribution in [0.25, 0.3) is 0 Å². The van der Waals surface area contributed by atoms with Crippen LogP contribution >= 0.6 is 0 Å². The fourth-order valence-corrected chi connectivity index (χ4v) is 2.80. The molecule has 0 bridgehead atoms. The van der Waals surface area contributed by atoms with E-state index in [4.69, 9.17) is 0 Å². The highest BCUT2D eigenvalue weighted by molar-refractivity contribution is 7.92. The van der Waals surface area contributed by atoms with Crippen LogP contribution in [0.5, 0.6) is 0 Å². The van der Waals surface area contributed by atoms with Crippen molar-refractivity contribution in [1.82, 2.24) is 15.1 Å². The molecule has 1 unspecified atom stereocenters. The maximum atomic E-state index is 12.1. The van der Waals surface area contributed by atoms with Crippen molar-refractivity contribution in [2.24, 2.45) is 7.05 Å². The number of aromatic nitrogens is 2. The molecule has 0 aliphatic carbocycles. The molecule has 1 aromatic carbocycles. The van der Waals surface area contributed by atoms with Gasteiger partial charge in [-0.2, -0.15) is 5.10 Å². The van der Waals surface area contributed by atoms with E-state index in [2.05, 4.69) is 20.5 Å². The molecule has 0 saturated heterocycles. The zero-order chi connectivity index (χ0) is 17.9. The molecule has 3 N–H and O–H groups in total. The van der Waals surface area contributed by atoms with Gasteiger partial charge in [-0.25, -0.2) is 13.2 Å². The van der Waals surface area contributed by atoms with E-state index in [-0.39, 0.29) is 12.1 Å². The molecule has 0 spiro atoms. The van der Waals surface area contributed by atoms with Gasteiger partial charge in [0.2, 0.25) is 10.0 Å². The van der Waals surface area contributed by atoms with Crippen LogP contribution in [0, 0.1) is 6.92 Å². The van der Waals surface area contributed by atoms with Crippen molar-refractivity contribution in [1.29, 1.82) is 0 Å². The maximum absolute atomic E-state index is 12.1. The Kier molecular flexibility index (Phi) is 5.13. The lowest BCUT2D eigenvalue weighted by Gasteiger charge is -2.16. The second-order valence-corrected chi connectivity index (χ2v) is 7.36. The van der Waals surface area contributed by atoms with E-state index in [9.17, 15) is 13.2 Å². The Hall–Kier alpha value is -2.55. The summed E-state index contributed by atoms with van der Waals surface area (Å²) in [6.07, 6.45) is 1.09. The lowest BCUT2D eigenvalue weighted by atomic mass is 10.1. The number of benzene rings is 1. The Morgan fingerprint density at radius 2 is 2.00 bits per heavy atom. The Morgan fingerprint density at radius 1 is 1.29 bits per heavy atom. The zero-order valence-corrected chi connectivity index (χ0v) is 14.8. The largest absolute Gasteiger partial charge is 0.331 e. The van der Waals surface area contributed by atoms with Crippen molar-refractivity contribution in [3.63, 3.8) is 0 Å². The molecule has 1 atom stereocenters. The molecule has 2 amide bonds. The predicted octanol–water partition coefficient (Wildman–Crippen LogP) is 1.98. The number of rotatable bonds is 5. The summed E-state index contributed by atoms with van der Waals surface area (Å²) in [5.41, 5.74) is 2.03. The summed E-state index contributed by atoms with van der Waals surface area (Å²) in [5, 5.41) is 9.68. The number of amides is 2. The van der Waals surface area contributed by atoms with Crippen LogP contribution < -0.4 is 15.4 Å². The third kappa shape index (κ3) is 4.98. The number of hydrogen-bond acceptors (Lipinski definition) is 4. The normalized spacial score (nSPS) is 12.5. The summed E-state index contributed by atoms with van der Waals surface area (Å²) >= 11 is 0. The van der Waals surface area contributed by atoms with Gasteiger partial charge in [-0.05, 0) is 31.5 Å². The van der Waals surface area contributed by atoms with Gasteiger partial charge in [-0.1, -0.05) is 12.1 Å². The number of nitrogens with zero attached hydrogens (tertiary/aromatic N) is 2. The minimum Gasteiger partial charge on any atom is -0.331 e. The lowest BCUT2D eigenvalue weighted by molar-refractivity contribution is 0.249. The highest BCUT2D eigenvalue weighted by Crippen LogP contribution is 2.18.